The minimum absolute atomic E-state index is 0.0961. The summed E-state index contributed by atoms with van der Waals surface area (Å²) in [5.41, 5.74) is 4.45. The molecule has 1 saturated carbocycles. The van der Waals surface area contributed by atoms with Crippen molar-refractivity contribution in [2.24, 2.45) is 12.0 Å². The Balaban J connectivity index is 1.53. The zero-order chi connectivity index (χ0) is 22.1. The maximum atomic E-state index is 13.6. The van der Waals surface area contributed by atoms with Crippen LogP contribution in [0.3, 0.4) is 0 Å². The third kappa shape index (κ3) is 4.02. The van der Waals surface area contributed by atoms with Gasteiger partial charge in [0.2, 0.25) is 0 Å². The molecule has 1 saturated heterocycles. The lowest BCUT2D eigenvalue weighted by molar-refractivity contribution is -0.124. The second-order valence-electron chi connectivity index (χ2n) is 8.70. The lowest BCUT2D eigenvalue weighted by atomic mass is 9.94. The number of carbonyl (C=O) groups is 1. The van der Waals surface area contributed by atoms with Gasteiger partial charge >= 0.3 is 0 Å². The van der Waals surface area contributed by atoms with Crippen LogP contribution in [0.2, 0.25) is 0 Å². The molecule has 2 fully saturated rings. The lowest BCUT2D eigenvalue weighted by Gasteiger charge is -2.30. The van der Waals surface area contributed by atoms with Crippen molar-refractivity contribution >= 4 is 45.5 Å². The third-order valence-electron chi connectivity index (χ3n) is 6.56. The first-order valence-corrected chi connectivity index (χ1v) is 12.4. The summed E-state index contributed by atoms with van der Waals surface area (Å²) in [5, 5.41) is 1.98. The first-order chi connectivity index (χ1) is 15.6. The monoisotopic (exact) mass is 443 g/mol. The largest absolute Gasteiger partial charge is 0.350 e. The van der Waals surface area contributed by atoms with E-state index >= 15 is 0 Å². The fourth-order valence-electron chi connectivity index (χ4n) is 4.77. The average molecular weight is 444 g/mol. The number of amidine groups is 1. The number of hydrogen-bond donors (Lipinski definition) is 0. The van der Waals surface area contributed by atoms with Gasteiger partial charge in [-0.2, -0.15) is 0 Å². The van der Waals surface area contributed by atoms with Crippen molar-refractivity contribution in [2.75, 3.05) is 0 Å². The average Bonchev–Trinajstić information content (AvgIpc) is 3.31. The van der Waals surface area contributed by atoms with E-state index in [0.29, 0.717) is 0 Å². The number of para-hydroxylation sites is 1. The van der Waals surface area contributed by atoms with Crippen molar-refractivity contribution in [3.63, 3.8) is 0 Å². The van der Waals surface area contributed by atoms with E-state index in [0.717, 1.165) is 40.6 Å². The molecule has 1 aliphatic heterocycles. The highest BCUT2D eigenvalue weighted by Gasteiger charge is 2.38. The number of aryl methyl sites for hydroxylation is 2. The number of aromatic nitrogens is 1. The summed E-state index contributed by atoms with van der Waals surface area (Å²) in [6.45, 7) is 2.15. The van der Waals surface area contributed by atoms with Gasteiger partial charge in [-0.1, -0.05) is 56.5 Å². The molecule has 2 aliphatic rings. The summed E-state index contributed by atoms with van der Waals surface area (Å²) >= 11 is 1.52. The predicted molar refractivity (Wildman–Crippen MR) is 135 cm³/mol. The van der Waals surface area contributed by atoms with Crippen molar-refractivity contribution in [2.45, 2.75) is 51.5 Å². The number of benzene rings is 2. The normalized spacial score (nSPS) is 20.2. The highest BCUT2D eigenvalue weighted by atomic mass is 32.2. The molecular formula is C27H29N3OS. The lowest BCUT2D eigenvalue weighted by Crippen LogP contribution is -2.40. The molecule has 1 amide bonds. The molecule has 0 bridgehead atoms. The molecule has 0 N–H and O–H groups in total. The van der Waals surface area contributed by atoms with Gasteiger partial charge in [0.15, 0.2) is 5.17 Å². The number of nitrogens with zero attached hydrogens (tertiary/aromatic N) is 3. The number of amides is 1. The Morgan fingerprint density at radius 3 is 2.56 bits per heavy atom. The van der Waals surface area contributed by atoms with Gasteiger partial charge in [0.05, 0.1) is 10.6 Å². The minimum atomic E-state index is 0.0961. The fourth-order valence-corrected chi connectivity index (χ4v) is 5.82. The maximum Gasteiger partial charge on any atom is 0.267 e. The van der Waals surface area contributed by atoms with Crippen molar-refractivity contribution in [3.05, 3.63) is 70.8 Å². The second-order valence-corrected chi connectivity index (χ2v) is 9.71. The van der Waals surface area contributed by atoms with Gasteiger partial charge in [-0.15, -0.1) is 0 Å². The van der Waals surface area contributed by atoms with Crippen LogP contribution in [0.5, 0.6) is 0 Å². The van der Waals surface area contributed by atoms with Crippen molar-refractivity contribution in [1.82, 2.24) is 9.47 Å². The Hall–Kier alpha value is -2.79. The molecule has 0 radical (unpaired) electrons. The Morgan fingerprint density at radius 2 is 1.81 bits per heavy atom. The SMILES string of the molecule is CCc1ccc(N=C2S/C(=C/c3cn(C)c4ccccc34)C(=O)N2C2CCCCC2)cc1. The highest BCUT2D eigenvalue weighted by Crippen LogP contribution is 2.39. The molecule has 5 heteroatoms. The zero-order valence-electron chi connectivity index (χ0n) is 18.8. The molecule has 5 rings (SSSR count). The molecule has 1 aromatic heterocycles. The van der Waals surface area contributed by atoms with Crippen LogP contribution in [0.4, 0.5) is 5.69 Å². The molecule has 2 heterocycles. The van der Waals surface area contributed by atoms with E-state index in [1.165, 1.54) is 47.5 Å². The zero-order valence-corrected chi connectivity index (χ0v) is 19.6. The smallest absolute Gasteiger partial charge is 0.267 e. The molecule has 1 aliphatic carbocycles. The van der Waals surface area contributed by atoms with Crippen LogP contribution < -0.4 is 0 Å². The Kier molecular flexibility index (Phi) is 5.92. The third-order valence-corrected chi connectivity index (χ3v) is 7.54. The number of carbonyl (C=O) groups excluding carboxylic acids is 1. The molecule has 3 aromatic rings. The second kappa shape index (κ2) is 8.99. The van der Waals surface area contributed by atoms with Crippen molar-refractivity contribution < 1.29 is 4.79 Å². The maximum absolute atomic E-state index is 13.6. The number of rotatable bonds is 4. The van der Waals surface area contributed by atoms with Crippen LogP contribution in [0.25, 0.3) is 17.0 Å². The van der Waals surface area contributed by atoms with Gasteiger partial charge in [0.25, 0.3) is 5.91 Å². The summed E-state index contributed by atoms with van der Waals surface area (Å²) in [7, 11) is 2.05. The van der Waals surface area contributed by atoms with Crippen LogP contribution in [0, 0.1) is 0 Å². The summed E-state index contributed by atoms with van der Waals surface area (Å²) < 4.78 is 2.12. The number of aliphatic imine (C=N–C) groups is 1. The highest BCUT2D eigenvalue weighted by molar-refractivity contribution is 8.18. The molecule has 2 aromatic carbocycles. The molecule has 32 heavy (non-hydrogen) atoms. The Labute approximate surface area is 194 Å². The van der Waals surface area contributed by atoms with Gasteiger partial charge < -0.3 is 4.57 Å². The van der Waals surface area contributed by atoms with E-state index in [9.17, 15) is 4.79 Å². The van der Waals surface area contributed by atoms with E-state index in [2.05, 4.69) is 67.2 Å². The molecule has 0 spiro atoms. The van der Waals surface area contributed by atoms with Gasteiger partial charge in [-0.25, -0.2) is 4.99 Å². The van der Waals surface area contributed by atoms with E-state index in [4.69, 9.17) is 4.99 Å². The fraction of sp³-hybridized carbons (Fsp3) is 0.333. The van der Waals surface area contributed by atoms with E-state index in [-0.39, 0.29) is 11.9 Å². The standard InChI is InChI=1S/C27H29N3OS/c1-3-19-13-15-21(16-14-19)28-27-30(22-9-5-4-6-10-22)26(31)25(32-27)17-20-18-29(2)24-12-8-7-11-23(20)24/h7-8,11-18,22H,3-6,9-10H2,1-2H3/b25-17+,28-27?. The van der Waals surface area contributed by atoms with Gasteiger partial charge in [-0.3, -0.25) is 9.69 Å². The molecule has 4 nitrogen and oxygen atoms in total. The number of hydrogen-bond acceptors (Lipinski definition) is 3. The molecule has 164 valence electrons. The summed E-state index contributed by atoms with van der Waals surface area (Å²) in [4.78, 5) is 21.3. The van der Waals surface area contributed by atoms with Crippen LogP contribution in [-0.2, 0) is 18.3 Å². The van der Waals surface area contributed by atoms with Crippen LogP contribution >= 0.6 is 11.8 Å². The van der Waals surface area contributed by atoms with Crippen molar-refractivity contribution in [1.29, 1.82) is 0 Å². The Bertz CT molecular complexity index is 1200. The summed E-state index contributed by atoms with van der Waals surface area (Å²) in [5.74, 6) is 0.0961. The number of thioether (sulfide) groups is 1. The topological polar surface area (TPSA) is 37.6 Å². The first kappa shape index (κ1) is 21.1. The molecular weight excluding hydrogens is 414 g/mol. The van der Waals surface area contributed by atoms with Gasteiger partial charge in [0, 0.05) is 35.8 Å². The van der Waals surface area contributed by atoms with Crippen molar-refractivity contribution in [3.8, 4) is 0 Å². The first-order valence-electron chi connectivity index (χ1n) is 11.6. The van der Waals surface area contributed by atoms with E-state index in [1.54, 1.807) is 0 Å². The molecule has 0 atom stereocenters. The minimum Gasteiger partial charge on any atom is -0.350 e. The number of fused-ring (bicyclic) bond motifs is 1. The summed E-state index contributed by atoms with van der Waals surface area (Å²) in [6.07, 6.45) is 10.9. The van der Waals surface area contributed by atoms with Crippen LogP contribution in [0.1, 0.15) is 50.2 Å². The summed E-state index contributed by atoms with van der Waals surface area (Å²) in [6, 6.07) is 16.9. The Morgan fingerprint density at radius 1 is 1.06 bits per heavy atom. The van der Waals surface area contributed by atoms with Gasteiger partial charge in [-0.05, 0) is 60.9 Å². The van der Waals surface area contributed by atoms with Crippen LogP contribution in [0.15, 0.2) is 64.6 Å². The quantitative estimate of drug-likeness (QED) is 0.422. The van der Waals surface area contributed by atoms with Crippen LogP contribution in [-0.4, -0.2) is 26.6 Å². The van der Waals surface area contributed by atoms with E-state index in [1.807, 2.05) is 17.0 Å². The van der Waals surface area contributed by atoms with Gasteiger partial charge in [0.1, 0.15) is 0 Å². The van der Waals surface area contributed by atoms with E-state index < -0.39 is 0 Å². The predicted octanol–water partition coefficient (Wildman–Crippen LogP) is 6.68. The molecule has 0 unspecified atom stereocenters.